The summed E-state index contributed by atoms with van der Waals surface area (Å²) < 4.78 is 29.6. The number of benzene rings is 1. The molecule has 0 aliphatic carbocycles. The molecule has 1 aromatic rings. The second-order valence-corrected chi connectivity index (χ2v) is 4.87. The highest BCUT2D eigenvalue weighted by molar-refractivity contribution is 7.90. The number of nitrogens with one attached hydrogen (secondary N) is 1. The minimum absolute atomic E-state index is 0.182. The Hall–Kier alpha value is -2.42. The Bertz CT molecular complexity index is 610. The van der Waals surface area contributed by atoms with Crippen molar-refractivity contribution in [2.24, 2.45) is 0 Å². The molecule has 0 fully saturated rings. The van der Waals surface area contributed by atoms with E-state index < -0.39 is 31.6 Å². The normalized spacial score (nSPS) is 10.5. The average Bonchev–Trinajstić information content (AvgIpc) is 2.35. The van der Waals surface area contributed by atoms with Crippen molar-refractivity contribution in [1.82, 2.24) is 4.72 Å². The zero-order valence-corrected chi connectivity index (χ0v) is 10.4. The van der Waals surface area contributed by atoms with Crippen molar-refractivity contribution in [3.63, 3.8) is 0 Å². The molecule has 1 rings (SSSR count). The number of nitro benzene ring substituents is 1. The summed E-state index contributed by atoms with van der Waals surface area (Å²) in [7, 11) is -4.37. The second kappa shape index (κ2) is 5.96. The number of carbonyl (C=O) groups excluding carboxylic acids is 1. The van der Waals surface area contributed by atoms with Crippen molar-refractivity contribution < 1.29 is 22.9 Å². The standard InChI is InChI=1S/C10H10N2O6S/c1-2-7-18-10(13)11-19(16,17)9-6-4-3-5-8(9)12(14)15/h2-6H,1,7H2,(H,11,13)/i11+1. The Labute approximate surface area is 108 Å². The van der Waals surface area contributed by atoms with Crippen LogP contribution in [-0.4, -0.2) is 26.0 Å². The molecule has 19 heavy (non-hydrogen) atoms. The molecular formula is C10H10N2O6S. The van der Waals surface area contributed by atoms with E-state index in [0.717, 1.165) is 12.1 Å². The SMILES string of the molecule is C=CCOC(=O)[15NH]S(=O)(=O)c1ccccc1[N+](=O)[O-]. The number of nitro groups is 1. The minimum atomic E-state index is -4.37. The fraction of sp³-hybridized carbons (Fsp3) is 0.100. The van der Waals surface area contributed by atoms with Crippen LogP contribution in [0.4, 0.5) is 10.5 Å². The molecule has 1 amide bonds. The minimum Gasteiger partial charge on any atom is -0.445 e. The summed E-state index contributed by atoms with van der Waals surface area (Å²) in [6.45, 7) is 3.10. The quantitative estimate of drug-likeness (QED) is 0.376. The van der Waals surface area contributed by atoms with Gasteiger partial charge < -0.3 is 4.74 Å². The van der Waals surface area contributed by atoms with Crippen molar-refractivity contribution in [2.45, 2.75) is 4.90 Å². The highest BCUT2D eigenvalue weighted by Gasteiger charge is 2.27. The predicted octanol–water partition coefficient (Wildman–Crippen LogP) is 1.20. The molecule has 0 spiro atoms. The van der Waals surface area contributed by atoms with E-state index in [1.165, 1.54) is 18.2 Å². The number of para-hydroxylation sites is 1. The molecule has 0 atom stereocenters. The number of nitrogens with zero attached hydrogens (tertiary/aromatic N) is 1. The molecule has 1 N–H and O–H groups in total. The Kier molecular flexibility index (Phi) is 4.59. The first-order valence-electron chi connectivity index (χ1n) is 4.92. The van der Waals surface area contributed by atoms with Gasteiger partial charge in [-0.2, -0.15) is 0 Å². The fourth-order valence-corrected chi connectivity index (χ4v) is 2.23. The Morgan fingerprint density at radius 1 is 1.47 bits per heavy atom. The molecule has 0 heterocycles. The monoisotopic (exact) mass is 287 g/mol. The van der Waals surface area contributed by atoms with Gasteiger partial charge in [0.05, 0.1) is 4.92 Å². The number of sulfonamides is 1. The van der Waals surface area contributed by atoms with Crippen LogP contribution in [0, 0.1) is 10.1 Å². The summed E-state index contributed by atoms with van der Waals surface area (Å²) >= 11 is 0. The lowest BCUT2D eigenvalue weighted by Crippen LogP contribution is -2.31. The number of hydrogen-bond donors (Lipinski definition) is 1. The molecule has 0 aromatic heterocycles. The van der Waals surface area contributed by atoms with E-state index in [-0.39, 0.29) is 6.61 Å². The summed E-state index contributed by atoms with van der Waals surface area (Å²) in [6.07, 6.45) is 0.00927. The van der Waals surface area contributed by atoms with Gasteiger partial charge in [-0.15, -0.1) is 0 Å². The zero-order chi connectivity index (χ0) is 14.5. The number of rotatable bonds is 5. The molecule has 0 aliphatic rings. The number of carbonyl (C=O) groups is 1. The number of amides is 1. The Balaban J connectivity index is 3.04. The van der Waals surface area contributed by atoms with E-state index in [9.17, 15) is 23.3 Å². The van der Waals surface area contributed by atoms with Crippen LogP contribution in [0.5, 0.6) is 0 Å². The highest BCUT2D eigenvalue weighted by Crippen LogP contribution is 2.22. The zero-order valence-electron chi connectivity index (χ0n) is 9.61. The van der Waals surface area contributed by atoms with E-state index >= 15 is 0 Å². The maximum atomic E-state index is 11.8. The van der Waals surface area contributed by atoms with E-state index in [1.54, 1.807) is 4.72 Å². The van der Waals surface area contributed by atoms with E-state index in [0.29, 0.717) is 0 Å². The lowest BCUT2D eigenvalue weighted by molar-refractivity contribution is -0.387. The molecule has 102 valence electrons. The first kappa shape index (κ1) is 14.6. The number of ether oxygens (including phenoxy) is 1. The number of hydrogen-bond acceptors (Lipinski definition) is 6. The molecule has 0 saturated heterocycles. The summed E-state index contributed by atoms with van der Waals surface area (Å²) in [5.41, 5.74) is -0.633. The van der Waals surface area contributed by atoms with Crippen LogP contribution in [-0.2, 0) is 14.8 Å². The third-order valence-electron chi connectivity index (χ3n) is 1.90. The van der Waals surface area contributed by atoms with Crippen LogP contribution < -0.4 is 4.72 Å². The molecule has 9 heteroatoms. The first-order valence-corrected chi connectivity index (χ1v) is 6.40. The second-order valence-electron chi connectivity index (χ2n) is 3.22. The molecule has 0 aliphatic heterocycles. The van der Waals surface area contributed by atoms with Gasteiger partial charge in [0.2, 0.25) is 0 Å². The summed E-state index contributed by atoms with van der Waals surface area (Å²) in [4.78, 5) is 20.4. The molecule has 1 aromatic carbocycles. The topological polar surface area (TPSA) is 116 Å². The summed E-state index contributed by atoms with van der Waals surface area (Å²) in [5, 5.41) is 10.7. The van der Waals surface area contributed by atoms with Gasteiger partial charge >= 0.3 is 6.09 Å². The van der Waals surface area contributed by atoms with Gasteiger partial charge in [0.15, 0.2) is 4.90 Å². The van der Waals surface area contributed by atoms with Gasteiger partial charge in [0, 0.05) is 6.07 Å². The Morgan fingerprint density at radius 2 is 2.11 bits per heavy atom. The molecule has 0 radical (unpaired) electrons. The fourth-order valence-electron chi connectivity index (χ4n) is 1.16. The Morgan fingerprint density at radius 3 is 2.68 bits per heavy atom. The van der Waals surface area contributed by atoms with Gasteiger partial charge in [0.1, 0.15) is 6.61 Å². The average molecular weight is 287 g/mol. The van der Waals surface area contributed by atoms with Crippen LogP contribution in [0.3, 0.4) is 0 Å². The van der Waals surface area contributed by atoms with Crippen LogP contribution in [0.25, 0.3) is 0 Å². The highest BCUT2D eigenvalue weighted by atomic mass is 32.2. The van der Waals surface area contributed by atoms with Crippen LogP contribution >= 0.6 is 0 Å². The van der Waals surface area contributed by atoms with Crippen LogP contribution in [0.15, 0.2) is 41.8 Å². The van der Waals surface area contributed by atoms with Crippen molar-refractivity contribution >= 4 is 21.8 Å². The third kappa shape index (κ3) is 3.78. The third-order valence-corrected chi connectivity index (χ3v) is 3.26. The largest absolute Gasteiger partial charge is 0.445 e. The van der Waals surface area contributed by atoms with Gasteiger partial charge in [-0.05, 0) is 6.07 Å². The maximum absolute atomic E-state index is 11.8. The van der Waals surface area contributed by atoms with Crippen molar-refractivity contribution in [2.75, 3.05) is 6.61 Å². The van der Waals surface area contributed by atoms with Gasteiger partial charge in [-0.1, -0.05) is 24.8 Å². The van der Waals surface area contributed by atoms with Gasteiger partial charge in [-0.25, -0.2) is 17.9 Å². The lowest BCUT2D eigenvalue weighted by atomic mass is 10.3. The van der Waals surface area contributed by atoms with Crippen LogP contribution in [0.2, 0.25) is 0 Å². The summed E-state index contributed by atoms with van der Waals surface area (Å²) in [6, 6.07) is 4.65. The van der Waals surface area contributed by atoms with E-state index in [1.807, 2.05) is 0 Å². The smallest absolute Gasteiger partial charge is 0.421 e. The van der Waals surface area contributed by atoms with E-state index in [4.69, 9.17) is 0 Å². The van der Waals surface area contributed by atoms with Gasteiger partial charge in [0.25, 0.3) is 15.7 Å². The van der Waals surface area contributed by atoms with E-state index in [2.05, 4.69) is 11.3 Å². The van der Waals surface area contributed by atoms with Gasteiger partial charge in [-0.3, -0.25) is 10.1 Å². The molecule has 0 saturated carbocycles. The molecule has 8 nitrogen and oxygen atoms in total. The summed E-state index contributed by atoms with van der Waals surface area (Å²) in [5.74, 6) is 0. The van der Waals surface area contributed by atoms with Crippen molar-refractivity contribution in [1.29, 1.82) is 0 Å². The predicted molar refractivity (Wildman–Crippen MR) is 65.0 cm³/mol. The van der Waals surface area contributed by atoms with Crippen molar-refractivity contribution in [3.8, 4) is 0 Å². The van der Waals surface area contributed by atoms with Crippen LogP contribution in [0.1, 0.15) is 0 Å². The lowest BCUT2D eigenvalue weighted by Gasteiger charge is -2.06. The molecule has 0 unspecified atom stereocenters. The first-order chi connectivity index (χ1) is 8.88. The maximum Gasteiger partial charge on any atom is 0.421 e. The molecular weight excluding hydrogens is 277 g/mol. The van der Waals surface area contributed by atoms with Crippen molar-refractivity contribution in [3.05, 3.63) is 47.0 Å². The molecule has 0 bridgehead atoms.